The molecule has 1 aromatic carbocycles. The second kappa shape index (κ2) is 6.84. The Kier molecular flexibility index (Phi) is 5.88. The summed E-state index contributed by atoms with van der Waals surface area (Å²) >= 11 is 3.02. The Morgan fingerprint density at radius 3 is 2.29 bits per heavy atom. The number of nitrogens with one attached hydrogen (secondary N) is 1. The van der Waals surface area contributed by atoms with Crippen LogP contribution < -0.4 is 4.72 Å². The Morgan fingerprint density at radius 2 is 1.90 bits per heavy atom. The number of rotatable bonds is 7. The normalized spacial score (nSPS) is 12.4. The number of halogens is 1. The third-order valence-corrected chi connectivity index (χ3v) is 5.66. The number of carbonyl (C=O) groups is 1. The minimum absolute atomic E-state index is 0.0631. The van der Waals surface area contributed by atoms with Crippen LogP contribution in [0, 0.1) is 0 Å². The van der Waals surface area contributed by atoms with Crippen LogP contribution in [0.15, 0.2) is 27.6 Å². The first-order valence-corrected chi connectivity index (χ1v) is 8.27. The van der Waals surface area contributed by atoms with Crippen molar-refractivity contribution in [1.82, 2.24) is 4.72 Å². The van der Waals surface area contributed by atoms with E-state index >= 15 is 0 Å². The van der Waals surface area contributed by atoms with Crippen LogP contribution in [0.1, 0.15) is 23.7 Å². The van der Waals surface area contributed by atoms with Crippen molar-refractivity contribution >= 4 is 31.9 Å². The first kappa shape index (κ1) is 18.1. The first-order chi connectivity index (χ1) is 9.71. The van der Waals surface area contributed by atoms with Gasteiger partial charge in [-0.25, -0.2) is 17.9 Å². The highest BCUT2D eigenvalue weighted by molar-refractivity contribution is 9.10. The van der Waals surface area contributed by atoms with E-state index in [4.69, 9.17) is 5.11 Å². The van der Waals surface area contributed by atoms with Gasteiger partial charge in [-0.2, -0.15) is 0 Å². The van der Waals surface area contributed by atoms with E-state index in [-0.39, 0.29) is 21.4 Å². The molecule has 0 heterocycles. The van der Waals surface area contributed by atoms with E-state index in [0.717, 1.165) is 12.1 Å². The van der Waals surface area contributed by atoms with Crippen LogP contribution in [0.2, 0.25) is 0 Å². The number of carboxylic acid groups (broad SMARTS) is 1. The van der Waals surface area contributed by atoms with Gasteiger partial charge in [0.05, 0.1) is 29.2 Å². The number of hydrogen-bond acceptors (Lipinski definition) is 5. The van der Waals surface area contributed by atoms with E-state index in [1.165, 1.54) is 6.07 Å². The van der Waals surface area contributed by atoms with Crippen LogP contribution in [-0.2, 0) is 10.0 Å². The molecule has 0 aliphatic carbocycles. The molecule has 0 bridgehead atoms. The van der Waals surface area contributed by atoms with Gasteiger partial charge in [-0.05, 0) is 40.5 Å². The molecule has 0 saturated heterocycles. The van der Waals surface area contributed by atoms with Crippen LogP contribution >= 0.6 is 15.9 Å². The molecule has 0 unspecified atom stereocenters. The van der Waals surface area contributed by atoms with E-state index in [1.807, 2.05) is 0 Å². The number of aliphatic hydroxyl groups is 2. The standard InChI is InChI=1S/C12H16BrNO6S/c1-2-12(6-15,7-16)14-21(19,20)10-4-3-8(11(17)18)5-9(10)13/h3-5,14-16H,2,6-7H2,1H3,(H,17,18). The van der Waals surface area contributed by atoms with E-state index in [2.05, 4.69) is 20.7 Å². The third kappa shape index (κ3) is 4.01. The molecule has 0 aliphatic rings. The molecule has 21 heavy (non-hydrogen) atoms. The van der Waals surface area contributed by atoms with Crippen molar-refractivity contribution in [2.24, 2.45) is 0 Å². The lowest BCUT2D eigenvalue weighted by Crippen LogP contribution is -2.53. The van der Waals surface area contributed by atoms with E-state index in [1.54, 1.807) is 6.92 Å². The van der Waals surface area contributed by atoms with Gasteiger partial charge in [0.15, 0.2) is 0 Å². The molecule has 1 rings (SSSR count). The first-order valence-electron chi connectivity index (χ1n) is 6.00. The van der Waals surface area contributed by atoms with Gasteiger partial charge >= 0.3 is 5.97 Å². The molecule has 0 aromatic heterocycles. The molecular formula is C12H16BrNO6S. The maximum atomic E-state index is 12.3. The number of aromatic carboxylic acids is 1. The fourth-order valence-electron chi connectivity index (χ4n) is 1.60. The Bertz CT molecular complexity index is 618. The van der Waals surface area contributed by atoms with Crippen molar-refractivity contribution in [3.05, 3.63) is 28.2 Å². The summed E-state index contributed by atoms with van der Waals surface area (Å²) in [5, 5.41) is 27.4. The van der Waals surface area contributed by atoms with Gasteiger partial charge in [0.25, 0.3) is 0 Å². The number of sulfonamides is 1. The van der Waals surface area contributed by atoms with Crippen molar-refractivity contribution in [2.75, 3.05) is 13.2 Å². The Morgan fingerprint density at radius 1 is 1.33 bits per heavy atom. The quantitative estimate of drug-likeness (QED) is 0.546. The summed E-state index contributed by atoms with van der Waals surface area (Å²) in [4.78, 5) is 10.7. The summed E-state index contributed by atoms with van der Waals surface area (Å²) in [5.74, 6) is -1.18. The average Bonchev–Trinajstić information content (AvgIpc) is 2.44. The van der Waals surface area contributed by atoms with Crippen molar-refractivity contribution in [3.8, 4) is 0 Å². The highest BCUT2D eigenvalue weighted by Gasteiger charge is 2.33. The molecular weight excluding hydrogens is 366 g/mol. The highest BCUT2D eigenvalue weighted by atomic mass is 79.9. The Labute approximate surface area is 130 Å². The summed E-state index contributed by atoms with van der Waals surface area (Å²) in [6, 6.07) is 3.47. The summed E-state index contributed by atoms with van der Waals surface area (Å²) in [7, 11) is -4.04. The Balaban J connectivity index is 3.23. The SMILES string of the molecule is CCC(CO)(CO)NS(=O)(=O)c1ccc(C(=O)O)cc1Br. The molecule has 0 radical (unpaired) electrons. The molecule has 4 N–H and O–H groups in total. The molecule has 0 saturated carbocycles. The van der Waals surface area contributed by atoms with Gasteiger partial charge in [0.2, 0.25) is 10.0 Å². The minimum atomic E-state index is -4.04. The van der Waals surface area contributed by atoms with Crippen LogP contribution in [0.4, 0.5) is 0 Å². The van der Waals surface area contributed by atoms with Gasteiger partial charge in [-0.15, -0.1) is 0 Å². The maximum absolute atomic E-state index is 12.3. The summed E-state index contributed by atoms with van der Waals surface area (Å²) in [6.07, 6.45) is 0.185. The van der Waals surface area contributed by atoms with Gasteiger partial charge in [-0.3, -0.25) is 0 Å². The topological polar surface area (TPSA) is 124 Å². The van der Waals surface area contributed by atoms with Crippen LogP contribution in [0.3, 0.4) is 0 Å². The lowest BCUT2D eigenvalue weighted by molar-refractivity contribution is 0.0696. The average molecular weight is 382 g/mol. The summed E-state index contributed by atoms with van der Waals surface area (Å²) < 4.78 is 27.0. The molecule has 7 nitrogen and oxygen atoms in total. The zero-order valence-corrected chi connectivity index (χ0v) is 13.6. The molecule has 0 atom stereocenters. The smallest absolute Gasteiger partial charge is 0.335 e. The number of carboxylic acids is 1. The number of hydrogen-bond donors (Lipinski definition) is 4. The van der Waals surface area contributed by atoms with Gasteiger partial charge in [0, 0.05) is 4.47 Å². The lowest BCUT2D eigenvalue weighted by atomic mass is 10.0. The van der Waals surface area contributed by atoms with Crippen LogP contribution in [0.25, 0.3) is 0 Å². The van der Waals surface area contributed by atoms with Gasteiger partial charge in [0.1, 0.15) is 0 Å². The maximum Gasteiger partial charge on any atom is 0.335 e. The largest absolute Gasteiger partial charge is 0.478 e. The lowest BCUT2D eigenvalue weighted by Gasteiger charge is -2.29. The second-order valence-electron chi connectivity index (χ2n) is 4.51. The fourth-order valence-corrected chi connectivity index (χ4v) is 4.14. The monoisotopic (exact) mass is 381 g/mol. The van der Waals surface area contributed by atoms with Gasteiger partial charge < -0.3 is 15.3 Å². The van der Waals surface area contributed by atoms with Crippen molar-refractivity contribution in [1.29, 1.82) is 0 Å². The molecule has 0 fully saturated rings. The second-order valence-corrected chi connectivity index (χ2v) is 7.01. The van der Waals surface area contributed by atoms with Crippen molar-refractivity contribution in [2.45, 2.75) is 23.8 Å². The molecule has 0 aliphatic heterocycles. The summed E-state index contributed by atoms with van der Waals surface area (Å²) in [5.41, 5.74) is -1.43. The number of benzene rings is 1. The Hall–Kier alpha value is -1.00. The zero-order valence-electron chi connectivity index (χ0n) is 11.2. The van der Waals surface area contributed by atoms with E-state index < -0.39 is 34.7 Å². The third-order valence-electron chi connectivity index (χ3n) is 3.10. The summed E-state index contributed by atoms with van der Waals surface area (Å²) in [6.45, 7) is 0.492. The number of aliphatic hydroxyl groups excluding tert-OH is 2. The molecule has 9 heteroatoms. The van der Waals surface area contributed by atoms with E-state index in [9.17, 15) is 23.4 Å². The molecule has 0 amide bonds. The van der Waals surface area contributed by atoms with E-state index in [0.29, 0.717) is 0 Å². The molecule has 118 valence electrons. The van der Waals surface area contributed by atoms with Crippen LogP contribution in [-0.4, -0.2) is 48.5 Å². The molecule has 1 aromatic rings. The minimum Gasteiger partial charge on any atom is -0.478 e. The van der Waals surface area contributed by atoms with Crippen LogP contribution in [0.5, 0.6) is 0 Å². The molecule has 0 spiro atoms. The van der Waals surface area contributed by atoms with Crippen molar-refractivity contribution < 1.29 is 28.5 Å². The fraction of sp³-hybridized carbons (Fsp3) is 0.417. The predicted molar refractivity (Wildman–Crippen MR) is 78.6 cm³/mol. The zero-order chi connectivity index (χ0) is 16.3. The highest BCUT2D eigenvalue weighted by Crippen LogP contribution is 2.25. The predicted octanol–water partition coefficient (Wildman–Crippen LogP) is 0.559. The van der Waals surface area contributed by atoms with Crippen molar-refractivity contribution in [3.63, 3.8) is 0 Å². The van der Waals surface area contributed by atoms with Gasteiger partial charge in [-0.1, -0.05) is 6.92 Å².